The molecule has 30 heavy (non-hydrogen) atoms. The highest BCUT2D eigenvalue weighted by Gasteiger charge is 2.15. The smallest absolute Gasteiger partial charge is 0.134 e. The minimum absolute atomic E-state index is 0.808. The number of nitrogens with zero attached hydrogens (tertiary/aromatic N) is 3. The van der Waals surface area contributed by atoms with E-state index in [-0.39, 0.29) is 0 Å². The maximum atomic E-state index is 5.47. The van der Waals surface area contributed by atoms with Crippen LogP contribution < -0.4 is 14.8 Å². The predicted molar refractivity (Wildman–Crippen MR) is 124 cm³/mol. The summed E-state index contributed by atoms with van der Waals surface area (Å²) in [4.78, 5) is 12.2. The Morgan fingerprint density at radius 1 is 0.833 bits per heavy atom. The van der Waals surface area contributed by atoms with Gasteiger partial charge in [-0.1, -0.05) is 0 Å². The number of aromatic nitrogens is 2. The second kappa shape index (κ2) is 8.32. The Bertz CT molecular complexity index is 1220. The van der Waals surface area contributed by atoms with Crippen molar-refractivity contribution >= 4 is 38.4 Å². The van der Waals surface area contributed by atoms with Gasteiger partial charge in [0.2, 0.25) is 0 Å². The Morgan fingerprint density at radius 2 is 1.43 bits per heavy atom. The number of hydrogen-bond acceptors (Lipinski definition) is 6. The molecule has 0 bridgehead atoms. The minimum Gasteiger partial charge on any atom is -0.497 e. The summed E-state index contributed by atoms with van der Waals surface area (Å²) in [5.41, 5.74) is 2.76. The zero-order valence-electron chi connectivity index (χ0n) is 18.2. The molecule has 0 aliphatic heterocycles. The van der Waals surface area contributed by atoms with Crippen LogP contribution in [0.3, 0.4) is 0 Å². The average Bonchev–Trinajstić information content (AvgIpc) is 2.76. The van der Waals surface area contributed by atoms with Crippen LogP contribution in [0.4, 0.5) is 5.82 Å². The van der Waals surface area contributed by atoms with Crippen LogP contribution in [-0.2, 0) is 0 Å². The van der Waals surface area contributed by atoms with E-state index in [2.05, 4.69) is 36.4 Å². The van der Waals surface area contributed by atoms with E-state index in [4.69, 9.17) is 19.4 Å². The van der Waals surface area contributed by atoms with E-state index in [0.717, 1.165) is 75.1 Å². The van der Waals surface area contributed by atoms with Crippen LogP contribution in [0.25, 0.3) is 32.6 Å². The Balaban J connectivity index is 1.94. The highest BCUT2D eigenvalue weighted by molar-refractivity contribution is 6.16. The monoisotopic (exact) mass is 404 g/mol. The maximum Gasteiger partial charge on any atom is 0.134 e. The van der Waals surface area contributed by atoms with Gasteiger partial charge in [0.15, 0.2) is 0 Å². The topological polar surface area (TPSA) is 59.5 Å². The van der Waals surface area contributed by atoms with E-state index in [1.165, 1.54) is 0 Å². The highest BCUT2D eigenvalue weighted by atomic mass is 16.5. The third-order valence-corrected chi connectivity index (χ3v) is 5.41. The van der Waals surface area contributed by atoms with Crippen molar-refractivity contribution in [2.24, 2.45) is 0 Å². The van der Waals surface area contributed by atoms with E-state index in [1.54, 1.807) is 14.2 Å². The van der Waals surface area contributed by atoms with Crippen molar-refractivity contribution in [3.63, 3.8) is 0 Å². The summed E-state index contributed by atoms with van der Waals surface area (Å²) in [7, 11) is 7.54. The number of ether oxygens (including phenoxy) is 2. The van der Waals surface area contributed by atoms with Crippen LogP contribution in [0.1, 0.15) is 12.1 Å². The third kappa shape index (κ3) is 3.71. The van der Waals surface area contributed by atoms with Gasteiger partial charge in [-0.05, 0) is 70.4 Å². The van der Waals surface area contributed by atoms with E-state index < -0.39 is 0 Å². The predicted octanol–water partition coefficient (Wildman–Crippen LogP) is 4.63. The van der Waals surface area contributed by atoms with Crippen LogP contribution >= 0.6 is 0 Å². The number of benzene rings is 2. The van der Waals surface area contributed by atoms with Crippen LogP contribution in [0.2, 0.25) is 0 Å². The van der Waals surface area contributed by atoms with Crippen LogP contribution in [0.15, 0.2) is 36.4 Å². The zero-order chi connectivity index (χ0) is 21.3. The number of hydrogen-bond donors (Lipinski definition) is 1. The van der Waals surface area contributed by atoms with Crippen molar-refractivity contribution in [2.45, 2.75) is 13.3 Å². The molecule has 0 unspecified atom stereocenters. The fourth-order valence-electron chi connectivity index (χ4n) is 3.83. The number of methoxy groups -OCH3 is 2. The zero-order valence-corrected chi connectivity index (χ0v) is 18.2. The van der Waals surface area contributed by atoms with E-state index in [1.807, 2.05) is 31.2 Å². The van der Waals surface area contributed by atoms with Crippen molar-refractivity contribution in [1.82, 2.24) is 14.9 Å². The van der Waals surface area contributed by atoms with Gasteiger partial charge in [0, 0.05) is 33.8 Å². The summed E-state index contributed by atoms with van der Waals surface area (Å²) >= 11 is 0. The van der Waals surface area contributed by atoms with Gasteiger partial charge in [0.25, 0.3) is 0 Å². The molecule has 6 heteroatoms. The van der Waals surface area contributed by atoms with Crippen molar-refractivity contribution in [2.75, 3.05) is 46.7 Å². The van der Waals surface area contributed by atoms with Gasteiger partial charge >= 0.3 is 0 Å². The van der Waals surface area contributed by atoms with Gasteiger partial charge in [0.05, 0.1) is 25.3 Å². The summed E-state index contributed by atoms with van der Waals surface area (Å²) in [5, 5.41) is 7.76. The number of pyridine rings is 2. The molecule has 0 radical (unpaired) electrons. The van der Waals surface area contributed by atoms with Gasteiger partial charge in [-0.15, -0.1) is 0 Å². The SMILES string of the molecule is COc1ccc2c(c1)c(C)nc1c3ccc(OC)cc3c(NCCCN(C)C)nc21. The summed E-state index contributed by atoms with van der Waals surface area (Å²) < 4.78 is 10.9. The Hall–Kier alpha value is -3.12. The number of anilines is 1. The van der Waals surface area contributed by atoms with Crippen molar-refractivity contribution in [3.8, 4) is 11.5 Å². The summed E-state index contributed by atoms with van der Waals surface area (Å²) in [6.45, 7) is 3.89. The molecule has 2 heterocycles. The first-order valence-electron chi connectivity index (χ1n) is 10.2. The molecule has 0 saturated heterocycles. The quantitative estimate of drug-likeness (QED) is 0.358. The standard InChI is InChI=1S/C24H28N4O2/c1-15-20-13-16(29-4)7-9-18(20)23-22(26-15)19-10-8-17(30-5)14-21(19)24(27-23)25-11-6-12-28(2)3/h7-10,13-14H,6,11-12H2,1-5H3,(H,25,27). The lowest BCUT2D eigenvalue weighted by molar-refractivity contribution is 0.405. The number of fused-ring (bicyclic) bond motifs is 5. The van der Waals surface area contributed by atoms with Crippen LogP contribution in [0.5, 0.6) is 11.5 Å². The van der Waals surface area contributed by atoms with Crippen molar-refractivity contribution in [3.05, 3.63) is 42.1 Å². The second-order valence-corrected chi connectivity index (χ2v) is 7.76. The molecule has 2 aromatic heterocycles. The first kappa shape index (κ1) is 20.2. The van der Waals surface area contributed by atoms with Crippen LogP contribution in [0, 0.1) is 6.92 Å². The molecule has 0 spiro atoms. The first-order valence-corrected chi connectivity index (χ1v) is 10.2. The molecule has 2 aromatic carbocycles. The van der Waals surface area contributed by atoms with Crippen molar-refractivity contribution in [1.29, 1.82) is 0 Å². The highest BCUT2D eigenvalue weighted by Crippen LogP contribution is 2.36. The lowest BCUT2D eigenvalue weighted by Gasteiger charge is -2.15. The fourth-order valence-corrected chi connectivity index (χ4v) is 3.83. The molecular weight excluding hydrogens is 376 g/mol. The average molecular weight is 405 g/mol. The molecule has 6 nitrogen and oxygen atoms in total. The molecule has 0 saturated carbocycles. The second-order valence-electron chi connectivity index (χ2n) is 7.76. The fraction of sp³-hybridized carbons (Fsp3) is 0.333. The lowest BCUT2D eigenvalue weighted by atomic mass is 10.0. The Morgan fingerprint density at radius 3 is 2.07 bits per heavy atom. The number of aryl methyl sites for hydroxylation is 1. The molecule has 156 valence electrons. The molecule has 1 N–H and O–H groups in total. The normalized spacial score (nSPS) is 11.5. The molecule has 0 fully saturated rings. The van der Waals surface area contributed by atoms with E-state index in [9.17, 15) is 0 Å². The summed E-state index contributed by atoms with van der Waals surface area (Å²) in [5.74, 6) is 2.49. The number of rotatable bonds is 7. The van der Waals surface area contributed by atoms with Gasteiger partial charge < -0.3 is 19.7 Å². The molecular formula is C24H28N4O2. The van der Waals surface area contributed by atoms with E-state index in [0.29, 0.717) is 0 Å². The van der Waals surface area contributed by atoms with Gasteiger partial charge in [0.1, 0.15) is 17.3 Å². The Kier molecular flexibility index (Phi) is 5.59. The summed E-state index contributed by atoms with van der Waals surface area (Å²) in [6, 6.07) is 12.2. The number of nitrogens with one attached hydrogen (secondary N) is 1. The maximum absolute atomic E-state index is 5.47. The Labute approximate surface area is 176 Å². The van der Waals surface area contributed by atoms with Crippen LogP contribution in [-0.4, -0.2) is 56.3 Å². The summed E-state index contributed by atoms with van der Waals surface area (Å²) in [6.07, 6.45) is 1.03. The first-order chi connectivity index (χ1) is 14.5. The molecule has 0 amide bonds. The van der Waals surface area contributed by atoms with E-state index >= 15 is 0 Å². The molecule has 0 atom stereocenters. The van der Waals surface area contributed by atoms with Crippen molar-refractivity contribution < 1.29 is 9.47 Å². The van der Waals surface area contributed by atoms with Gasteiger partial charge in [-0.25, -0.2) is 4.98 Å². The molecule has 0 aliphatic carbocycles. The molecule has 4 rings (SSSR count). The third-order valence-electron chi connectivity index (χ3n) is 5.41. The minimum atomic E-state index is 0.808. The molecule has 0 aliphatic rings. The van der Waals surface area contributed by atoms with Gasteiger partial charge in [-0.2, -0.15) is 0 Å². The molecule has 4 aromatic rings. The lowest BCUT2D eigenvalue weighted by Crippen LogP contribution is -2.16. The van der Waals surface area contributed by atoms with Gasteiger partial charge in [-0.3, -0.25) is 4.98 Å². The largest absolute Gasteiger partial charge is 0.497 e.